The van der Waals surface area contributed by atoms with E-state index in [9.17, 15) is 4.79 Å². The van der Waals surface area contributed by atoms with E-state index in [-0.39, 0.29) is 12.7 Å². The molecule has 0 spiro atoms. The van der Waals surface area contributed by atoms with E-state index in [4.69, 9.17) is 9.47 Å². The minimum absolute atomic E-state index is 0.0110. The fourth-order valence-electron chi connectivity index (χ4n) is 3.28. The van der Waals surface area contributed by atoms with Crippen molar-refractivity contribution in [1.29, 1.82) is 0 Å². The summed E-state index contributed by atoms with van der Waals surface area (Å²) in [6.45, 7) is 1.98. The third-order valence-electron chi connectivity index (χ3n) is 4.47. The van der Waals surface area contributed by atoms with E-state index in [1.807, 2.05) is 12.1 Å². The van der Waals surface area contributed by atoms with Gasteiger partial charge in [0.05, 0.1) is 0 Å². The number of anilines is 2. The first-order chi connectivity index (χ1) is 11.8. The Morgan fingerprint density at radius 3 is 2.96 bits per heavy atom. The van der Waals surface area contributed by atoms with Gasteiger partial charge in [0.2, 0.25) is 12.7 Å². The minimum Gasteiger partial charge on any atom is -0.454 e. The van der Waals surface area contributed by atoms with Crippen molar-refractivity contribution in [2.75, 3.05) is 30.1 Å². The van der Waals surface area contributed by atoms with E-state index in [0.717, 1.165) is 37.4 Å². The standard InChI is InChI=1S/C19H20N2O3/c22-19(20-15-7-8-17-18(12-15)24-13-23-17)9-11-21-10-3-5-14-4-1-2-6-16(14)21/h1-2,4,6-8,12H,3,5,9-11,13H2,(H,20,22). The summed E-state index contributed by atoms with van der Waals surface area (Å²) < 4.78 is 10.6. The van der Waals surface area contributed by atoms with Crippen molar-refractivity contribution in [1.82, 2.24) is 0 Å². The second kappa shape index (κ2) is 6.43. The largest absolute Gasteiger partial charge is 0.454 e. The van der Waals surface area contributed by atoms with Crippen LogP contribution in [0.3, 0.4) is 0 Å². The highest BCUT2D eigenvalue weighted by atomic mass is 16.7. The average molecular weight is 324 g/mol. The molecule has 0 saturated carbocycles. The third kappa shape index (κ3) is 3.02. The summed E-state index contributed by atoms with van der Waals surface area (Å²) in [5.41, 5.74) is 3.38. The molecule has 2 heterocycles. The van der Waals surface area contributed by atoms with Crippen LogP contribution in [0.2, 0.25) is 0 Å². The Hall–Kier alpha value is -2.69. The van der Waals surface area contributed by atoms with E-state index in [1.165, 1.54) is 11.3 Å². The van der Waals surface area contributed by atoms with Crippen LogP contribution >= 0.6 is 0 Å². The average Bonchev–Trinajstić information content (AvgIpc) is 3.07. The molecule has 0 unspecified atom stereocenters. The number of rotatable bonds is 4. The number of hydrogen-bond acceptors (Lipinski definition) is 4. The van der Waals surface area contributed by atoms with E-state index in [1.54, 1.807) is 6.07 Å². The van der Waals surface area contributed by atoms with Gasteiger partial charge in [-0.1, -0.05) is 18.2 Å². The number of fused-ring (bicyclic) bond motifs is 2. The number of carbonyl (C=O) groups excluding carboxylic acids is 1. The highest BCUT2D eigenvalue weighted by molar-refractivity contribution is 5.91. The molecule has 2 aliphatic heterocycles. The van der Waals surface area contributed by atoms with Gasteiger partial charge < -0.3 is 19.7 Å². The molecule has 24 heavy (non-hydrogen) atoms. The van der Waals surface area contributed by atoms with Gasteiger partial charge in [-0.3, -0.25) is 4.79 Å². The normalized spacial score (nSPS) is 15.1. The SMILES string of the molecule is O=C(CCN1CCCc2ccccc21)Nc1ccc2c(c1)OCO2. The zero-order valence-corrected chi connectivity index (χ0v) is 13.5. The fraction of sp³-hybridized carbons (Fsp3) is 0.316. The molecule has 0 bridgehead atoms. The molecule has 0 atom stereocenters. The molecule has 0 aliphatic carbocycles. The molecule has 1 N–H and O–H groups in total. The number of nitrogens with one attached hydrogen (secondary N) is 1. The van der Waals surface area contributed by atoms with Gasteiger partial charge in [-0.25, -0.2) is 0 Å². The summed E-state index contributed by atoms with van der Waals surface area (Å²) in [6, 6.07) is 13.9. The summed E-state index contributed by atoms with van der Waals surface area (Å²) >= 11 is 0. The molecule has 4 rings (SSSR count). The van der Waals surface area contributed by atoms with Crippen LogP contribution in [0, 0.1) is 0 Å². The lowest BCUT2D eigenvalue weighted by atomic mass is 10.0. The van der Waals surface area contributed by atoms with Crippen molar-refractivity contribution in [3.63, 3.8) is 0 Å². The van der Waals surface area contributed by atoms with Crippen molar-refractivity contribution in [2.45, 2.75) is 19.3 Å². The molecule has 0 fully saturated rings. The Labute approximate surface area is 141 Å². The zero-order chi connectivity index (χ0) is 16.4. The molecule has 2 aliphatic rings. The maximum Gasteiger partial charge on any atom is 0.231 e. The Balaban J connectivity index is 1.36. The first kappa shape index (κ1) is 14.9. The summed E-state index contributed by atoms with van der Waals surface area (Å²) in [4.78, 5) is 14.6. The Kier molecular flexibility index (Phi) is 3.99. The highest BCUT2D eigenvalue weighted by Gasteiger charge is 2.18. The predicted octanol–water partition coefficient (Wildman–Crippen LogP) is 3.20. The van der Waals surface area contributed by atoms with Gasteiger partial charge in [0.1, 0.15) is 0 Å². The van der Waals surface area contributed by atoms with Crippen molar-refractivity contribution < 1.29 is 14.3 Å². The summed E-state index contributed by atoms with van der Waals surface area (Å²) in [6.07, 6.45) is 2.72. The lowest BCUT2D eigenvalue weighted by molar-refractivity contribution is -0.116. The molecule has 2 aromatic rings. The molecule has 5 nitrogen and oxygen atoms in total. The van der Waals surface area contributed by atoms with Crippen molar-refractivity contribution in [3.8, 4) is 11.5 Å². The topological polar surface area (TPSA) is 50.8 Å². The molecule has 0 radical (unpaired) electrons. The Bertz CT molecular complexity index is 760. The Morgan fingerprint density at radius 2 is 2.00 bits per heavy atom. The van der Waals surface area contributed by atoms with Crippen LogP contribution in [-0.4, -0.2) is 25.8 Å². The summed E-state index contributed by atoms with van der Waals surface area (Å²) in [5.74, 6) is 1.41. The molecular weight excluding hydrogens is 304 g/mol. The van der Waals surface area contributed by atoms with Gasteiger partial charge in [-0.2, -0.15) is 0 Å². The fourth-order valence-corrected chi connectivity index (χ4v) is 3.28. The van der Waals surface area contributed by atoms with Crippen LogP contribution < -0.4 is 19.7 Å². The molecule has 124 valence electrons. The Morgan fingerprint density at radius 1 is 1.12 bits per heavy atom. The quantitative estimate of drug-likeness (QED) is 0.938. The monoisotopic (exact) mass is 324 g/mol. The number of nitrogens with zero attached hydrogens (tertiary/aromatic N) is 1. The zero-order valence-electron chi connectivity index (χ0n) is 13.5. The van der Waals surface area contributed by atoms with Crippen molar-refractivity contribution in [3.05, 3.63) is 48.0 Å². The van der Waals surface area contributed by atoms with Gasteiger partial charge in [0.15, 0.2) is 11.5 Å². The van der Waals surface area contributed by atoms with Gasteiger partial charge in [-0.05, 0) is 36.6 Å². The van der Waals surface area contributed by atoms with Crippen LogP contribution in [0.4, 0.5) is 11.4 Å². The number of amides is 1. The van der Waals surface area contributed by atoms with E-state index in [2.05, 4.69) is 34.5 Å². The molecule has 2 aromatic carbocycles. The van der Waals surface area contributed by atoms with Crippen LogP contribution in [0.1, 0.15) is 18.4 Å². The number of benzene rings is 2. The molecule has 5 heteroatoms. The van der Waals surface area contributed by atoms with Gasteiger partial charge >= 0.3 is 0 Å². The number of aryl methyl sites for hydroxylation is 1. The molecule has 0 saturated heterocycles. The predicted molar refractivity (Wildman–Crippen MR) is 92.8 cm³/mol. The molecule has 1 amide bonds. The second-order valence-corrected chi connectivity index (χ2v) is 6.09. The third-order valence-corrected chi connectivity index (χ3v) is 4.47. The maximum atomic E-state index is 12.3. The van der Waals surface area contributed by atoms with Crippen LogP contribution in [0.25, 0.3) is 0 Å². The van der Waals surface area contributed by atoms with Gasteiger partial charge in [0.25, 0.3) is 0 Å². The molecular formula is C19H20N2O3. The smallest absolute Gasteiger partial charge is 0.231 e. The summed E-state index contributed by atoms with van der Waals surface area (Å²) in [5, 5.41) is 2.93. The lowest BCUT2D eigenvalue weighted by Crippen LogP contribution is -2.32. The maximum absolute atomic E-state index is 12.3. The number of para-hydroxylation sites is 1. The first-order valence-corrected chi connectivity index (χ1v) is 8.32. The minimum atomic E-state index is 0.0110. The van der Waals surface area contributed by atoms with Crippen molar-refractivity contribution in [2.24, 2.45) is 0 Å². The molecule has 0 aromatic heterocycles. The lowest BCUT2D eigenvalue weighted by Gasteiger charge is -2.31. The highest BCUT2D eigenvalue weighted by Crippen LogP contribution is 2.34. The van der Waals surface area contributed by atoms with Crippen LogP contribution in [0.5, 0.6) is 11.5 Å². The number of hydrogen-bond donors (Lipinski definition) is 1. The van der Waals surface area contributed by atoms with E-state index >= 15 is 0 Å². The van der Waals surface area contributed by atoms with E-state index < -0.39 is 0 Å². The first-order valence-electron chi connectivity index (χ1n) is 8.32. The summed E-state index contributed by atoms with van der Waals surface area (Å²) in [7, 11) is 0. The van der Waals surface area contributed by atoms with E-state index in [0.29, 0.717) is 12.2 Å². The number of carbonyl (C=O) groups is 1. The number of ether oxygens (including phenoxy) is 2. The van der Waals surface area contributed by atoms with Crippen LogP contribution in [-0.2, 0) is 11.2 Å². The van der Waals surface area contributed by atoms with Gasteiger partial charge in [0, 0.05) is 37.0 Å². The van der Waals surface area contributed by atoms with Gasteiger partial charge in [-0.15, -0.1) is 0 Å². The van der Waals surface area contributed by atoms with Crippen molar-refractivity contribution >= 4 is 17.3 Å². The van der Waals surface area contributed by atoms with Crippen LogP contribution in [0.15, 0.2) is 42.5 Å². The second-order valence-electron chi connectivity index (χ2n) is 6.09.